The van der Waals surface area contributed by atoms with Crippen molar-refractivity contribution in [2.45, 2.75) is 20.8 Å². The van der Waals surface area contributed by atoms with Gasteiger partial charge in [-0.15, -0.1) is 6.08 Å². The SMILES string of the molecule is CCN(CC)c1ccc(NNc2ccc(/C(C)=N/N=C3/C=C[C-]=CC3=N)cc2)cc1.[No]. The van der Waals surface area contributed by atoms with Gasteiger partial charge in [-0.25, -0.2) is 0 Å². The minimum Gasteiger partial charge on any atom is -0.372 e. The molecule has 1 aliphatic carbocycles. The summed E-state index contributed by atoms with van der Waals surface area (Å²) in [5.41, 5.74) is 12.2. The van der Waals surface area contributed by atoms with E-state index in [9.17, 15) is 0 Å². The van der Waals surface area contributed by atoms with Crippen molar-refractivity contribution in [1.82, 2.24) is 0 Å². The van der Waals surface area contributed by atoms with Crippen molar-refractivity contribution in [3.63, 3.8) is 0 Å². The molecule has 0 atom stereocenters. The van der Waals surface area contributed by atoms with Gasteiger partial charge in [0.25, 0.3) is 0 Å². The maximum absolute atomic E-state index is 7.81. The first-order chi connectivity index (χ1) is 14.6. The first kappa shape index (κ1) is 22.6. The molecular formula is C24H27N6No-. The van der Waals surface area contributed by atoms with Crippen molar-refractivity contribution in [1.29, 1.82) is 5.41 Å². The third kappa shape index (κ3) is 5.90. The van der Waals surface area contributed by atoms with Crippen LogP contribution in [0.5, 0.6) is 0 Å². The molecule has 6 nitrogen and oxygen atoms in total. The summed E-state index contributed by atoms with van der Waals surface area (Å²) in [7, 11) is 0. The first-order valence-electron chi connectivity index (χ1n) is 10.0. The first-order valence-corrected chi connectivity index (χ1v) is 10.0. The molecule has 31 heavy (non-hydrogen) atoms. The minimum atomic E-state index is 0. The Morgan fingerprint density at radius 1 is 0.968 bits per heavy atom. The number of nitrogens with one attached hydrogen (secondary N) is 3. The van der Waals surface area contributed by atoms with Gasteiger partial charge in [0, 0.05) is 24.5 Å². The van der Waals surface area contributed by atoms with E-state index in [1.165, 1.54) is 5.69 Å². The van der Waals surface area contributed by atoms with E-state index >= 15 is 0 Å². The largest absolute Gasteiger partial charge is 0.372 e. The van der Waals surface area contributed by atoms with Gasteiger partial charge in [0.05, 0.1) is 17.1 Å². The Morgan fingerprint density at radius 3 is 2.10 bits per heavy atom. The van der Waals surface area contributed by atoms with E-state index in [0.717, 1.165) is 35.7 Å². The average Bonchev–Trinajstić information content (AvgIpc) is 2.79. The molecule has 3 N–H and O–H groups in total. The van der Waals surface area contributed by atoms with Gasteiger partial charge >= 0.3 is 0 Å². The molecule has 0 saturated heterocycles. The van der Waals surface area contributed by atoms with Crippen LogP contribution >= 0.6 is 0 Å². The molecule has 0 unspecified atom stereocenters. The molecule has 0 fully saturated rings. The normalized spacial score (nSPS) is 14.4. The molecule has 7 heteroatoms. The van der Waals surface area contributed by atoms with Gasteiger partial charge in [0.1, 0.15) is 0 Å². The Kier molecular flexibility index (Phi) is 7.85. The molecule has 0 aromatic heterocycles. The van der Waals surface area contributed by atoms with Crippen LogP contribution in [-0.4, -0.2) is 30.2 Å². The van der Waals surface area contributed by atoms with Crippen molar-refractivity contribution < 1.29 is 0 Å². The fraction of sp³-hybridized carbons (Fsp3) is 0.208. The van der Waals surface area contributed by atoms with Crippen molar-refractivity contribution in [2.24, 2.45) is 10.2 Å². The number of hydrogen-bond donors (Lipinski definition) is 3. The molecule has 0 heterocycles. The zero-order valence-electron chi connectivity index (χ0n) is 17.9. The van der Waals surface area contributed by atoms with Crippen LogP contribution < -0.4 is 15.8 Å². The van der Waals surface area contributed by atoms with Gasteiger partial charge in [0.2, 0.25) is 0 Å². The van der Waals surface area contributed by atoms with E-state index < -0.39 is 0 Å². The van der Waals surface area contributed by atoms with Crippen LogP contribution in [0.25, 0.3) is 0 Å². The summed E-state index contributed by atoms with van der Waals surface area (Å²) >= 11 is 0. The van der Waals surface area contributed by atoms with Crippen molar-refractivity contribution in [3.8, 4) is 0 Å². The molecule has 0 spiro atoms. The van der Waals surface area contributed by atoms with Gasteiger partial charge in [0.15, 0.2) is 0 Å². The fourth-order valence-corrected chi connectivity index (χ4v) is 2.98. The zero-order valence-corrected chi connectivity index (χ0v) is 20.1. The standard InChI is InChI=1S/C24H27N6.No/c1-4-30(5-2)22-16-14-21(15-17-22)28-27-20-12-10-19(11-13-20)18(3)26-29-24-9-7-6-8-23(24)25;/h7-17,25,27-28H,4-5H2,1-3H3;/q-1;/b25-23?,26-18+,29-24-;. The number of hydrazine groups is 1. The molecule has 168 valence electrons. The molecule has 2 aromatic carbocycles. The maximum Gasteiger partial charge on any atom is 0.0671 e. The van der Waals surface area contributed by atoms with Crippen LogP contribution in [0.15, 0.2) is 77.0 Å². The average molecular weight is 659 g/mol. The third-order valence-electron chi connectivity index (χ3n) is 4.80. The molecule has 0 radical (unpaired) electrons. The Labute approximate surface area is 178 Å². The Hall–Kier alpha value is -4.67. The predicted molar refractivity (Wildman–Crippen MR) is 128 cm³/mol. The van der Waals surface area contributed by atoms with Crippen molar-refractivity contribution in [2.75, 3.05) is 28.8 Å². The van der Waals surface area contributed by atoms with Crippen LogP contribution in [0.4, 0.5) is 17.1 Å². The molecule has 3 rings (SSSR count). The molecule has 0 bridgehead atoms. The smallest absolute Gasteiger partial charge is 0.0671 e. The molecule has 2 aromatic rings. The quantitative estimate of drug-likeness (QED) is 0.160. The molecule has 0 aliphatic heterocycles. The van der Waals surface area contributed by atoms with E-state index in [0.29, 0.717) is 11.4 Å². The summed E-state index contributed by atoms with van der Waals surface area (Å²) in [5.74, 6) is 0. The van der Waals surface area contributed by atoms with Gasteiger partial charge in [-0.05, 0) is 68.4 Å². The molecular weight excluding hydrogens is 631 g/mol. The summed E-state index contributed by atoms with van der Waals surface area (Å²) in [6, 6.07) is 16.3. The molecule has 1 aliphatic rings. The van der Waals surface area contributed by atoms with Crippen LogP contribution in [0.3, 0.4) is 0 Å². The predicted octanol–water partition coefficient (Wildman–Crippen LogP) is 5.09. The van der Waals surface area contributed by atoms with Gasteiger partial charge < -0.3 is 21.2 Å². The summed E-state index contributed by atoms with van der Waals surface area (Å²) in [6.45, 7) is 8.22. The summed E-state index contributed by atoms with van der Waals surface area (Å²) in [4.78, 5) is 2.31. The molecule has 0 amide bonds. The number of benzene rings is 2. The van der Waals surface area contributed by atoms with Crippen LogP contribution in [-0.2, 0) is 0 Å². The monoisotopic (exact) mass is 658 g/mol. The van der Waals surface area contributed by atoms with Crippen LogP contribution in [0.1, 0.15) is 26.3 Å². The van der Waals surface area contributed by atoms with E-state index in [1.807, 2.05) is 31.2 Å². The topological polar surface area (TPSA) is 75.9 Å². The van der Waals surface area contributed by atoms with Crippen LogP contribution in [0.2, 0.25) is 0 Å². The van der Waals surface area contributed by atoms with E-state index in [-0.39, 0.29) is 0 Å². The van der Waals surface area contributed by atoms with E-state index in [2.05, 4.69) is 70.1 Å². The molecule has 0 saturated carbocycles. The summed E-state index contributed by atoms with van der Waals surface area (Å²) < 4.78 is 0. The van der Waals surface area contributed by atoms with E-state index in [4.69, 9.17) is 5.41 Å². The number of hydrogen-bond acceptors (Lipinski definition) is 6. The van der Waals surface area contributed by atoms with Gasteiger partial charge in [-0.2, -0.15) is 28.4 Å². The Bertz CT molecular complexity index is 984. The number of allylic oxidation sites excluding steroid dienone is 4. The van der Waals surface area contributed by atoms with Crippen molar-refractivity contribution in [3.05, 3.63) is 78.4 Å². The van der Waals surface area contributed by atoms with Crippen LogP contribution in [0, 0.1) is 11.5 Å². The Morgan fingerprint density at radius 2 is 1.55 bits per heavy atom. The fourth-order valence-electron chi connectivity index (χ4n) is 2.98. The Balaban J connectivity index is 0.00000341. The zero-order chi connectivity index (χ0) is 21.3. The maximum atomic E-state index is 7.81. The number of nitrogens with zero attached hydrogens (tertiary/aromatic N) is 3. The second-order valence-corrected chi connectivity index (χ2v) is 6.78. The number of anilines is 3. The summed E-state index contributed by atoms with van der Waals surface area (Å²) in [5, 5.41) is 16.2. The second-order valence-electron chi connectivity index (χ2n) is 6.78. The van der Waals surface area contributed by atoms with E-state index in [1.54, 1.807) is 18.2 Å². The van der Waals surface area contributed by atoms with Gasteiger partial charge in [-0.1, -0.05) is 12.1 Å². The summed E-state index contributed by atoms with van der Waals surface area (Å²) in [6.07, 6.45) is 7.89. The number of rotatable bonds is 8. The van der Waals surface area contributed by atoms with Crippen molar-refractivity contribution >= 4 is 34.2 Å². The minimum absolute atomic E-state index is 0. The third-order valence-corrected chi connectivity index (χ3v) is 4.80. The second kappa shape index (κ2) is 10.8. The van der Waals surface area contributed by atoms with Gasteiger partial charge in [-0.3, -0.25) is 0 Å².